The minimum atomic E-state index is -0.148. The summed E-state index contributed by atoms with van der Waals surface area (Å²) in [5.74, 6) is -0.196. The Balaban J connectivity index is 2.10. The molecule has 0 aromatic heterocycles. The highest BCUT2D eigenvalue weighted by molar-refractivity contribution is 5.95. The van der Waals surface area contributed by atoms with Crippen molar-refractivity contribution < 1.29 is 9.90 Å². The van der Waals surface area contributed by atoms with E-state index >= 15 is 0 Å². The first-order valence-electron chi connectivity index (χ1n) is 6.29. The molecule has 1 aromatic carbocycles. The number of phenols is 1. The maximum absolute atomic E-state index is 12.1. The number of aromatic hydroxyl groups is 1. The molecule has 98 valence electrons. The molecule has 2 rings (SSSR count). The summed E-state index contributed by atoms with van der Waals surface area (Å²) in [7, 11) is 0. The van der Waals surface area contributed by atoms with Crippen LogP contribution in [0.3, 0.4) is 0 Å². The molecule has 4 nitrogen and oxygen atoms in total. The lowest BCUT2D eigenvalue weighted by Gasteiger charge is -2.27. The first-order chi connectivity index (χ1) is 8.40. The summed E-state index contributed by atoms with van der Waals surface area (Å²) < 4.78 is 0. The van der Waals surface area contributed by atoms with Crippen LogP contribution in [0.25, 0.3) is 0 Å². The topological polar surface area (TPSA) is 75.4 Å². The molecule has 1 aromatic rings. The first-order valence-corrected chi connectivity index (χ1v) is 6.29. The highest BCUT2D eigenvalue weighted by atomic mass is 16.3. The number of hydrogen-bond donors (Lipinski definition) is 3. The van der Waals surface area contributed by atoms with Gasteiger partial charge in [0.1, 0.15) is 5.75 Å². The zero-order valence-corrected chi connectivity index (χ0v) is 10.9. The fourth-order valence-corrected chi connectivity index (χ4v) is 2.52. The van der Waals surface area contributed by atoms with Gasteiger partial charge < -0.3 is 16.2 Å². The standard InChI is InChI=1S/C14H20N2O2/c1-14(2)7-3-4-12(14)16-13(18)9-5-6-10(15)11(17)8-9/h5-6,8,12,17H,3-4,7,15H2,1-2H3,(H,16,18). The van der Waals surface area contributed by atoms with E-state index in [4.69, 9.17) is 5.73 Å². The van der Waals surface area contributed by atoms with Crippen molar-refractivity contribution in [3.8, 4) is 5.75 Å². The van der Waals surface area contributed by atoms with Gasteiger partial charge >= 0.3 is 0 Å². The van der Waals surface area contributed by atoms with E-state index in [1.165, 1.54) is 6.07 Å². The first kappa shape index (κ1) is 12.7. The Morgan fingerprint density at radius 3 is 2.78 bits per heavy atom. The van der Waals surface area contributed by atoms with Gasteiger partial charge in [0.2, 0.25) is 0 Å². The van der Waals surface area contributed by atoms with Crippen molar-refractivity contribution in [3.05, 3.63) is 23.8 Å². The predicted octanol–water partition coefficient (Wildman–Crippen LogP) is 2.28. The molecule has 1 amide bonds. The number of phenolic OH excluding ortho intramolecular Hbond substituents is 1. The van der Waals surface area contributed by atoms with E-state index < -0.39 is 0 Å². The molecule has 4 N–H and O–H groups in total. The fraction of sp³-hybridized carbons (Fsp3) is 0.500. The largest absolute Gasteiger partial charge is 0.506 e. The number of hydrogen-bond acceptors (Lipinski definition) is 3. The second kappa shape index (κ2) is 4.52. The Hall–Kier alpha value is -1.71. The second-order valence-electron chi connectivity index (χ2n) is 5.68. The van der Waals surface area contributed by atoms with Crippen molar-refractivity contribution in [2.45, 2.75) is 39.2 Å². The van der Waals surface area contributed by atoms with E-state index in [2.05, 4.69) is 19.2 Å². The minimum absolute atomic E-state index is 0.0478. The number of nitrogens with two attached hydrogens (primary N) is 1. The Morgan fingerprint density at radius 1 is 1.50 bits per heavy atom. The molecule has 1 fully saturated rings. The predicted molar refractivity (Wildman–Crippen MR) is 71.4 cm³/mol. The van der Waals surface area contributed by atoms with Crippen molar-refractivity contribution in [2.24, 2.45) is 5.41 Å². The SMILES string of the molecule is CC1(C)CCCC1NC(=O)c1ccc(N)c(O)c1. The van der Waals surface area contributed by atoms with Crippen LogP contribution in [0.5, 0.6) is 5.75 Å². The van der Waals surface area contributed by atoms with Crippen LogP contribution in [0.4, 0.5) is 5.69 Å². The number of benzene rings is 1. The van der Waals surface area contributed by atoms with Crippen LogP contribution in [0, 0.1) is 5.41 Å². The van der Waals surface area contributed by atoms with Gasteiger partial charge in [-0.3, -0.25) is 4.79 Å². The number of carbonyl (C=O) groups excluding carboxylic acids is 1. The molecule has 18 heavy (non-hydrogen) atoms. The fourth-order valence-electron chi connectivity index (χ4n) is 2.52. The summed E-state index contributed by atoms with van der Waals surface area (Å²) in [4.78, 5) is 12.1. The van der Waals surface area contributed by atoms with Crippen LogP contribution in [-0.2, 0) is 0 Å². The number of rotatable bonds is 2. The Morgan fingerprint density at radius 2 is 2.22 bits per heavy atom. The van der Waals surface area contributed by atoms with E-state index in [1.54, 1.807) is 12.1 Å². The Kier molecular flexibility index (Phi) is 3.20. The molecule has 1 aliphatic carbocycles. The zero-order valence-electron chi connectivity index (χ0n) is 10.9. The van der Waals surface area contributed by atoms with Crippen LogP contribution in [0.2, 0.25) is 0 Å². The third-order valence-corrected chi connectivity index (χ3v) is 3.86. The zero-order chi connectivity index (χ0) is 13.3. The highest BCUT2D eigenvalue weighted by Gasteiger charge is 2.35. The van der Waals surface area contributed by atoms with Crippen molar-refractivity contribution in [2.75, 3.05) is 5.73 Å². The van der Waals surface area contributed by atoms with E-state index in [9.17, 15) is 9.90 Å². The van der Waals surface area contributed by atoms with E-state index in [0.717, 1.165) is 19.3 Å². The summed E-state index contributed by atoms with van der Waals surface area (Å²) in [5.41, 5.74) is 6.39. The maximum atomic E-state index is 12.1. The van der Waals surface area contributed by atoms with Gasteiger partial charge in [-0.2, -0.15) is 0 Å². The van der Waals surface area contributed by atoms with Gasteiger partial charge in [-0.15, -0.1) is 0 Å². The molecule has 0 saturated heterocycles. The van der Waals surface area contributed by atoms with Crippen molar-refractivity contribution >= 4 is 11.6 Å². The van der Waals surface area contributed by atoms with Gasteiger partial charge in [0.05, 0.1) is 5.69 Å². The maximum Gasteiger partial charge on any atom is 0.251 e. The number of anilines is 1. The summed E-state index contributed by atoms with van der Waals surface area (Å²) in [6, 6.07) is 4.79. The number of nitrogen functional groups attached to an aromatic ring is 1. The molecular weight excluding hydrogens is 228 g/mol. The lowest BCUT2D eigenvalue weighted by molar-refractivity contribution is 0.0909. The lowest BCUT2D eigenvalue weighted by atomic mass is 9.87. The third-order valence-electron chi connectivity index (χ3n) is 3.86. The van der Waals surface area contributed by atoms with Crippen LogP contribution in [0.15, 0.2) is 18.2 Å². The Bertz CT molecular complexity index is 469. The van der Waals surface area contributed by atoms with Gasteiger partial charge in [0, 0.05) is 11.6 Å². The molecule has 0 spiro atoms. The van der Waals surface area contributed by atoms with Crippen molar-refractivity contribution in [1.82, 2.24) is 5.32 Å². The molecule has 1 atom stereocenters. The molecule has 1 aliphatic rings. The smallest absolute Gasteiger partial charge is 0.251 e. The minimum Gasteiger partial charge on any atom is -0.506 e. The second-order valence-corrected chi connectivity index (χ2v) is 5.68. The monoisotopic (exact) mass is 248 g/mol. The third kappa shape index (κ3) is 2.42. The Labute approximate surface area is 107 Å². The molecular formula is C14H20N2O2. The summed E-state index contributed by atoms with van der Waals surface area (Å²) in [5, 5.41) is 12.5. The average Bonchev–Trinajstić information content (AvgIpc) is 2.62. The molecule has 4 heteroatoms. The van der Waals surface area contributed by atoms with Crippen LogP contribution in [-0.4, -0.2) is 17.1 Å². The van der Waals surface area contributed by atoms with Gasteiger partial charge in [0.25, 0.3) is 5.91 Å². The number of amides is 1. The summed E-state index contributed by atoms with van der Waals surface area (Å²) in [6.07, 6.45) is 3.29. The lowest BCUT2D eigenvalue weighted by Crippen LogP contribution is -2.41. The molecule has 0 heterocycles. The summed E-state index contributed by atoms with van der Waals surface area (Å²) >= 11 is 0. The molecule has 1 unspecified atom stereocenters. The van der Waals surface area contributed by atoms with Crippen LogP contribution < -0.4 is 11.1 Å². The van der Waals surface area contributed by atoms with Crippen LogP contribution in [0.1, 0.15) is 43.5 Å². The van der Waals surface area contributed by atoms with Crippen molar-refractivity contribution in [3.63, 3.8) is 0 Å². The quantitative estimate of drug-likeness (QED) is 0.555. The van der Waals surface area contributed by atoms with E-state index in [1.807, 2.05) is 0 Å². The molecule has 0 bridgehead atoms. The molecule has 1 saturated carbocycles. The van der Waals surface area contributed by atoms with Gasteiger partial charge in [-0.1, -0.05) is 20.3 Å². The number of nitrogens with one attached hydrogen (secondary N) is 1. The van der Waals surface area contributed by atoms with Crippen LogP contribution >= 0.6 is 0 Å². The summed E-state index contributed by atoms with van der Waals surface area (Å²) in [6.45, 7) is 4.34. The molecule has 0 radical (unpaired) electrons. The highest BCUT2D eigenvalue weighted by Crippen LogP contribution is 2.37. The van der Waals surface area contributed by atoms with Gasteiger partial charge in [-0.05, 0) is 36.5 Å². The number of carbonyl (C=O) groups is 1. The average molecular weight is 248 g/mol. The van der Waals surface area contributed by atoms with Gasteiger partial charge in [0.15, 0.2) is 0 Å². The van der Waals surface area contributed by atoms with Crippen molar-refractivity contribution in [1.29, 1.82) is 0 Å². The van der Waals surface area contributed by atoms with Gasteiger partial charge in [-0.25, -0.2) is 0 Å². The van der Waals surface area contributed by atoms with E-state index in [-0.39, 0.29) is 28.8 Å². The van der Waals surface area contributed by atoms with E-state index in [0.29, 0.717) is 5.56 Å². The molecule has 0 aliphatic heterocycles. The normalized spacial score (nSPS) is 21.8.